The lowest BCUT2D eigenvalue weighted by molar-refractivity contribution is 0.0732. The molecule has 0 N–H and O–H groups in total. The number of fused-ring (bicyclic) bond motifs is 1. The molecule has 0 aliphatic carbocycles. The van der Waals surface area contributed by atoms with Crippen LogP contribution in [0.4, 0.5) is 0 Å². The van der Waals surface area contributed by atoms with E-state index in [2.05, 4.69) is 0 Å². The van der Waals surface area contributed by atoms with Crippen molar-refractivity contribution in [1.82, 2.24) is 0 Å². The van der Waals surface area contributed by atoms with Crippen LogP contribution in [0.2, 0.25) is 0 Å². The molecule has 0 saturated carbocycles. The van der Waals surface area contributed by atoms with Gasteiger partial charge in [-0.15, -0.1) is 0 Å². The van der Waals surface area contributed by atoms with Crippen LogP contribution >= 0.6 is 0 Å². The summed E-state index contributed by atoms with van der Waals surface area (Å²) >= 11 is 0. The second kappa shape index (κ2) is 8.44. The molecule has 0 atom stereocenters. The summed E-state index contributed by atoms with van der Waals surface area (Å²) in [5.41, 5.74) is 3.44. The maximum atomic E-state index is 12.7. The maximum absolute atomic E-state index is 12.7. The molecule has 31 heavy (non-hydrogen) atoms. The van der Waals surface area contributed by atoms with E-state index in [-0.39, 0.29) is 11.1 Å². The van der Waals surface area contributed by atoms with Crippen molar-refractivity contribution in [2.45, 2.75) is 20.8 Å². The highest BCUT2D eigenvalue weighted by Crippen LogP contribution is 2.26. The van der Waals surface area contributed by atoms with Crippen LogP contribution in [0.3, 0.4) is 0 Å². The summed E-state index contributed by atoms with van der Waals surface area (Å²) in [7, 11) is 0. The molecule has 154 valence electrons. The van der Waals surface area contributed by atoms with Crippen molar-refractivity contribution in [3.05, 3.63) is 107 Å². The van der Waals surface area contributed by atoms with E-state index in [4.69, 9.17) is 9.47 Å². The van der Waals surface area contributed by atoms with E-state index in [0.717, 1.165) is 27.5 Å². The van der Waals surface area contributed by atoms with Crippen LogP contribution in [0.5, 0.6) is 11.5 Å². The number of benzene rings is 4. The second-order valence-corrected chi connectivity index (χ2v) is 7.60. The van der Waals surface area contributed by atoms with Gasteiger partial charge in [0, 0.05) is 0 Å². The van der Waals surface area contributed by atoms with E-state index < -0.39 is 11.9 Å². The number of ether oxygens (including phenoxy) is 2. The predicted octanol–water partition coefficient (Wildman–Crippen LogP) is 6.20. The molecule has 4 aromatic rings. The molecule has 4 heteroatoms. The minimum atomic E-state index is -0.535. The van der Waals surface area contributed by atoms with Crippen LogP contribution in [0.1, 0.15) is 37.4 Å². The topological polar surface area (TPSA) is 52.6 Å². The molecule has 4 aromatic carbocycles. The van der Waals surface area contributed by atoms with Crippen LogP contribution in [0, 0.1) is 20.8 Å². The summed E-state index contributed by atoms with van der Waals surface area (Å²) in [6.07, 6.45) is 0. The molecule has 0 fully saturated rings. The van der Waals surface area contributed by atoms with Gasteiger partial charge in [0.25, 0.3) is 0 Å². The molecule has 0 amide bonds. The number of carbonyl (C=O) groups excluding carboxylic acids is 2. The van der Waals surface area contributed by atoms with Crippen LogP contribution in [0.25, 0.3) is 10.8 Å². The number of aryl methyl sites for hydroxylation is 3. The molecule has 0 radical (unpaired) electrons. The van der Waals surface area contributed by atoms with E-state index in [1.54, 1.807) is 24.3 Å². The molecular formula is C27H22O4. The van der Waals surface area contributed by atoms with Crippen LogP contribution in [-0.2, 0) is 0 Å². The summed E-state index contributed by atoms with van der Waals surface area (Å²) in [6, 6.07) is 23.6. The third kappa shape index (κ3) is 4.48. The van der Waals surface area contributed by atoms with E-state index in [1.165, 1.54) is 6.07 Å². The molecule has 0 aromatic heterocycles. The Labute approximate surface area is 181 Å². The molecular weight excluding hydrogens is 388 g/mol. The Bertz CT molecular complexity index is 1280. The monoisotopic (exact) mass is 410 g/mol. The van der Waals surface area contributed by atoms with Crippen molar-refractivity contribution in [2.24, 2.45) is 0 Å². The lowest BCUT2D eigenvalue weighted by atomic mass is 10.1. The van der Waals surface area contributed by atoms with Gasteiger partial charge in [0.05, 0.1) is 11.1 Å². The van der Waals surface area contributed by atoms with Gasteiger partial charge in [0.1, 0.15) is 11.5 Å². The highest BCUT2D eigenvalue weighted by atomic mass is 16.5. The largest absolute Gasteiger partial charge is 0.423 e. The van der Waals surface area contributed by atoms with E-state index in [9.17, 15) is 9.59 Å². The number of hydrogen-bond acceptors (Lipinski definition) is 4. The number of rotatable bonds is 4. The Morgan fingerprint density at radius 2 is 1.23 bits per heavy atom. The van der Waals surface area contributed by atoms with Gasteiger partial charge in [-0.05, 0) is 73.0 Å². The SMILES string of the molecule is Cc1cc(C)c(OC(=O)c2cccc(C(=O)Oc3ccc4ccccc4c3)c2)c(C)c1. The fraction of sp³-hybridized carbons (Fsp3) is 0.111. The summed E-state index contributed by atoms with van der Waals surface area (Å²) in [5, 5.41) is 2.04. The van der Waals surface area contributed by atoms with Gasteiger partial charge in [-0.1, -0.05) is 54.1 Å². The third-order valence-electron chi connectivity index (χ3n) is 5.06. The number of carbonyl (C=O) groups is 2. The molecule has 4 rings (SSSR count). The molecule has 0 saturated heterocycles. The average Bonchev–Trinajstić information content (AvgIpc) is 2.76. The fourth-order valence-corrected chi connectivity index (χ4v) is 3.65. The molecule has 0 spiro atoms. The highest BCUT2D eigenvalue weighted by molar-refractivity contribution is 5.97. The summed E-state index contributed by atoms with van der Waals surface area (Å²) in [5.74, 6) is -0.0645. The van der Waals surface area contributed by atoms with Crippen molar-refractivity contribution >= 4 is 22.7 Å². The first-order valence-corrected chi connectivity index (χ1v) is 10.0. The van der Waals surface area contributed by atoms with Crippen molar-refractivity contribution in [2.75, 3.05) is 0 Å². The van der Waals surface area contributed by atoms with Gasteiger partial charge in [0.15, 0.2) is 0 Å². The zero-order chi connectivity index (χ0) is 22.0. The first-order valence-electron chi connectivity index (χ1n) is 10.0. The van der Waals surface area contributed by atoms with Crippen LogP contribution < -0.4 is 9.47 Å². The van der Waals surface area contributed by atoms with Crippen molar-refractivity contribution in [3.8, 4) is 11.5 Å². The quantitative estimate of drug-likeness (QED) is 0.297. The standard InChI is InChI=1S/C27H22O4/c1-17-13-18(2)25(19(3)14-17)31-27(29)23-10-6-9-22(15-23)26(28)30-24-12-11-20-7-4-5-8-21(20)16-24/h4-16H,1-3H3. The van der Waals surface area contributed by atoms with Crippen LogP contribution in [0.15, 0.2) is 78.9 Å². The zero-order valence-corrected chi connectivity index (χ0v) is 17.6. The molecule has 0 bridgehead atoms. The van der Waals surface area contributed by atoms with Gasteiger partial charge in [-0.25, -0.2) is 9.59 Å². The smallest absolute Gasteiger partial charge is 0.343 e. The summed E-state index contributed by atoms with van der Waals surface area (Å²) < 4.78 is 11.1. The Kier molecular flexibility index (Phi) is 5.54. The summed E-state index contributed by atoms with van der Waals surface area (Å²) in [4.78, 5) is 25.4. The van der Waals surface area contributed by atoms with Gasteiger partial charge in [-0.2, -0.15) is 0 Å². The maximum Gasteiger partial charge on any atom is 0.343 e. The average molecular weight is 410 g/mol. The van der Waals surface area contributed by atoms with Crippen molar-refractivity contribution in [3.63, 3.8) is 0 Å². The van der Waals surface area contributed by atoms with Crippen molar-refractivity contribution < 1.29 is 19.1 Å². The Morgan fingerprint density at radius 1 is 0.613 bits per heavy atom. The first kappa shape index (κ1) is 20.4. The summed E-state index contributed by atoms with van der Waals surface area (Å²) in [6.45, 7) is 5.80. The lowest BCUT2D eigenvalue weighted by Gasteiger charge is -2.12. The predicted molar refractivity (Wildman–Crippen MR) is 121 cm³/mol. The van der Waals surface area contributed by atoms with E-state index in [1.807, 2.05) is 69.3 Å². The Morgan fingerprint density at radius 3 is 1.90 bits per heavy atom. The highest BCUT2D eigenvalue weighted by Gasteiger charge is 2.16. The molecule has 0 unspecified atom stereocenters. The number of esters is 2. The molecule has 0 aliphatic heterocycles. The second-order valence-electron chi connectivity index (χ2n) is 7.60. The molecule has 4 nitrogen and oxygen atoms in total. The van der Waals surface area contributed by atoms with Gasteiger partial charge in [-0.3, -0.25) is 0 Å². The lowest BCUT2D eigenvalue weighted by Crippen LogP contribution is -2.13. The minimum absolute atomic E-state index is 0.278. The number of hydrogen-bond donors (Lipinski definition) is 0. The van der Waals surface area contributed by atoms with Gasteiger partial charge in [0.2, 0.25) is 0 Å². The first-order chi connectivity index (χ1) is 14.9. The fourth-order valence-electron chi connectivity index (χ4n) is 3.65. The van der Waals surface area contributed by atoms with Gasteiger partial charge < -0.3 is 9.47 Å². The zero-order valence-electron chi connectivity index (χ0n) is 17.6. The minimum Gasteiger partial charge on any atom is -0.423 e. The van der Waals surface area contributed by atoms with E-state index >= 15 is 0 Å². The van der Waals surface area contributed by atoms with E-state index in [0.29, 0.717) is 11.5 Å². The molecule has 0 heterocycles. The van der Waals surface area contributed by atoms with Crippen LogP contribution in [-0.4, -0.2) is 11.9 Å². The normalized spacial score (nSPS) is 10.7. The molecule has 0 aliphatic rings. The van der Waals surface area contributed by atoms with Crippen molar-refractivity contribution in [1.29, 1.82) is 0 Å². The third-order valence-corrected chi connectivity index (χ3v) is 5.06. The Balaban J connectivity index is 1.53. The van der Waals surface area contributed by atoms with Gasteiger partial charge >= 0.3 is 11.9 Å². The Hall–Kier alpha value is -3.92.